The monoisotopic (exact) mass is 368 g/mol. The quantitative estimate of drug-likeness (QED) is 0.639. The van der Waals surface area contributed by atoms with E-state index in [1.807, 2.05) is 6.92 Å². The molecule has 3 rings (SSSR count). The van der Waals surface area contributed by atoms with Gasteiger partial charge in [-0.25, -0.2) is 0 Å². The fraction of sp³-hybridized carbons (Fsp3) is 0.0526. The molecule has 0 saturated carbocycles. The van der Waals surface area contributed by atoms with Crippen LogP contribution in [0.1, 0.15) is 5.56 Å². The maximum atomic E-state index is 11.2. The molecule has 27 heavy (non-hydrogen) atoms. The first-order chi connectivity index (χ1) is 12.9. The Morgan fingerprint density at radius 2 is 1.11 bits per heavy atom. The Kier molecular flexibility index (Phi) is 5.20. The van der Waals surface area contributed by atoms with Crippen LogP contribution in [0.5, 0.6) is 23.0 Å². The molecule has 8 heteroatoms. The molecule has 3 aromatic rings. The lowest BCUT2D eigenvalue weighted by molar-refractivity contribution is -0.269. The third-order valence-corrected chi connectivity index (χ3v) is 3.58. The average Bonchev–Trinajstić information content (AvgIpc) is 2.65. The predicted molar refractivity (Wildman–Crippen MR) is 92.7 cm³/mol. The van der Waals surface area contributed by atoms with Crippen molar-refractivity contribution in [2.75, 3.05) is 10.5 Å². The number of aryl methyl sites for hydroxylation is 1. The lowest BCUT2D eigenvalue weighted by atomic mass is 10.2. The summed E-state index contributed by atoms with van der Waals surface area (Å²) in [5.41, 5.74) is 1.28. The summed E-state index contributed by atoms with van der Waals surface area (Å²) in [6.07, 6.45) is 0. The van der Waals surface area contributed by atoms with Gasteiger partial charge in [0.05, 0.1) is 0 Å². The van der Waals surface area contributed by atoms with E-state index in [0.717, 1.165) is 5.56 Å². The van der Waals surface area contributed by atoms with Crippen molar-refractivity contribution in [1.29, 1.82) is 0 Å². The predicted octanol–water partition coefficient (Wildman–Crippen LogP) is 2.52. The molecule has 0 fully saturated rings. The van der Waals surface area contributed by atoms with Gasteiger partial charge in [-0.3, -0.25) is 10.4 Å². The molecule has 0 amide bonds. The molecule has 8 nitrogen and oxygen atoms in total. The summed E-state index contributed by atoms with van der Waals surface area (Å²) in [6, 6.07) is 15.6. The van der Waals surface area contributed by atoms with Gasteiger partial charge < -0.3 is 19.9 Å². The number of hydrogen-bond donors (Lipinski definition) is 2. The summed E-state index contributed by atoms with van der Waals surface area (Å²) < 4.78 is 0. The summed E-state index contributed by atoms with van der Waals surface area (Å²) in [5, 5.41) is 43.5. The van der Waals surface area contributed by atoms with Crippen molar-refractivity contribution >= 4 is 11.4 Å². The average molecular weight is 368 g/mol. The van der Waals surface area contributed by atoms with Crippen LogP contribution < -0.4 is 30.3 Å². The smallest absolute Gasteiger partial charge is 0.203 e. The van der Waals surface area contributed by atoms with Gasteiger partial charge in [0.15, 0.2) is 0 Å². The van der Waals surface area contributed by atoms with Gasteiger partial charge in [-0.1, -0.05) is 40.8 Å². The third kappa shape index (κ3) is 4.51. The molecule has 0 aliphatic carbocycles. The van der Waals surface area contributed by atoms with Crippen LogP contribution in [0.15, 0.2) is 66.7 Å². The minimum atomic E-state index is -0.202. The minimum absolute atomic E-state index is 0.105. The molecule has 0 saturated heterocycles. The van der Waals surface area contributed by atoms with E-state index < -0.39 is 0 Å². The van der Waals surface area contributed by atoms with Crippen LogP contribution >= 0.6 is 0 Å². The van der Waals surface area contributed by atoms with E-state index in [2.05, 4.69) is 0 Å². The van der Waals surface area contributed by atoms with Crippen molar-refractivity contribution in [2.45, 2.75) is 6.92 Å². The molecule has 0 aliphatic rings. The number of nitrogens with zero attached hydrogens (tertiary/aromatic N) is 2. The van der Waals surface area contributed by atoms with Crippen molar-refractivity contribution < 1.29 is 30.3 Å². The second-order valence-electron chi connectivity index (χ2n) is 5.67. The maximum Gasteiger partial charge on any atom is 0.203 e. The zero-order valence-electron chi connectivity index (χ0n) is 14.3. The van der Waals surface area contributed by atoms with E-state index in [1.54, 1.807) is 18.2 Å². The summed E-state index contributed by atoms with van der Waals surface area (Å²) in [7, 11) is 0. The van der Waals surface area contributed by atoms with Crippen LogP contribution in [0.2, 0.25) is 0 Å². The second-order valence-corrected chi connectivity index (χ2v) is 5.67. The van der Waals surface area contributed by atoms with E-state index in [9.17, 15) is 20.6 Å². The van der Waals surface area contributed by atoms with Crippen molar-refractivity contribution in [3.05, 3.63) is 72.3 Å². The van der Waals surface area contributed by atoms with Crippen LogP contribution in [-0.4, -0.2) is 10.4 Å². The molecule has 2 N–H and O–H groups in total. The highest BCUT2D eigenvalue weighted by molar-refractivity contribution is 5.49. The molecule has 3 aromatic carbocycles. The first-order valence-corrected chi connectivity index (χ1v) is 7.91. The Morgan fingerprint density at radius 1 is 0.667 bits per heavy atom. The molecule has 0 aliphatic heterocycles. The minimum Gasteiger partial charge on any atom is -0.872 e. The topological polar surface area (TPSA) is 112 Å². The molecule has 0 aromatic heterocycles. The van der Waals surface area contributed by atoms with Crippen molar-refractivity contribution in [3.63, 3.8) is 0 Å². The molecule has 0 radical (unpaired) electrons. The van der Waals surface area contributed by atoms with E-state index in [1.165, 1.54) is 48.5 Å². The third-order valence-electron chi connectivity index (χ3n) is 3.58. The largest absolute Gasteiger partial charge is 0.872 e. The Morgan fingerprint density at radius 3 is 1.59 bits per heavy atom. The SMILES string of the molecule is Cc1ccc(ON(O)c2ccc([O-])cc2)c(ON(O)c2ccc([O-])cc2)c1. The molecule has 0 spiro atoms. The summed E-state index contributed by atoms with van der Waals surface area (Å²) in [6.45, 7) is 1.81. The van der Waals surface area contributed by atoms with Crippen molar-refractivity contribution in [2.24, 2.45) is 0 Å². The zero-order valence-corrected chi connectivity index (χ0v) is 14.3. The normalized spacial score (nSPS) is 10.3. The van der Waals surface area contributed by atoms with Crippen molar-refractivity contribution in [3.8, 4) is 23.0 Å². The van der Waals surface area contributed by atoms with Gasteiger partial charge in [0.25, 0.3) is 0 Å². The molecule has 140 valence electrons. The van der Waals surface area contributed by atoms with Gasteiger partial charge in [-0.2, -0.15) is 0 Å². The van der Waals surface area contributed by atoms with Gasteiger partial charge in [0.2, 0.25) is 11.5 Å². The zero-order chi connectivity index (χ0) is 19.4. The highest BCUT2D eigenvalue weighted by Gasteiger charge is 2.15. The molecule has 0 bridgehead atoms. The summed E-state index contributed by atoms with van der Waals surface area (Å²) >= 11 is 0. The van der Waals surface area contributed by atoms with Crippen LogP contribution in [0.25, 0.3) is 0 Å². The fourth-order valence-corrected chi connectivity index (χ4v) is 2.20. The molecule has 0 heterocycles. The highest BCUT2D eigenvalue weighted by atomic mass is 16.9. The number of anilines is 2. The van der Waals surface area contributed by atoms with Crippen LogP contribution in [0, 0.1) is 6.92 Å². The van der Waals surface area contributed by atoms with Gasteiger partial charge >= 0.3 is 0 Å². The highest BCUT2D eigenvalue weighted by Crippen LogP contribution is 2.31. The molecular weight excluding hydrogens is 352 g/mol. The van der Waals surface area contributed by atoms with Crippen LogP contribution in [0.3, 0.4) is 0 Å². The molecule has 0 unspecified atom stereocenters. The number of hydrogen-bond acceptors (Lipinski definition) is 8. The summed E-state index contributed by atoms with van der Waals surface area (Å²) in [5.74, 6) is -0.185. The van der Waals surface area contributed by atoms with E-state index in [0.29, 0.717) is 10.5 Å². The first-order valence-electron chi connectivity index (χ1n) is 7.91. The van der Waals surface area contributed by atoms with Crippen molar-refractivity contribution in [1.82, 2.24) is 0 Å². The molecular formula is C19H16N2O6-2. The van der Waals surface area contributed by atoms with E-state index in [-0.39, 0.29) is 34.4 Å². The van der Waals surface area contributed by atoms with Gasteiger partial charge in [0, 0.05) is 0 Å². The van der Waals surface area contributed by atoms with Crippen LogP contribution in [0.4, 0.5) is 11.4 Å². The Hall–Kier alpha value is -3.62. The lowest BCUT2D eigenvalue weighted by Gasteiger charge is -2.22. The van der Waals surface area contributed by atoms with Gasteiger partial charge in [0.1, 0.15) is 11.4 Å². The number of rotatable bonds is 6. The Balaban J connectivity index is 1.80. The number of benzene rings is 3. The standard InChI is InChI=1S/C19H18N2O6/c1-13-2-11-18(26-20(24)14-3-7-16(22)8-4-14)19(12-13)27-21(25)15-5-9-17(23)10-6-15/h2-12,22-25H,1H3/p-2. The Labute approximate surface area is 155 Å². The van der Waals surface area contributed by atoms with Crippen LogP contribution in [-0.2, 0) is 0 Å². The summed E-state index contributed by atoms with van der Waals surface area (Å²) in [4.78, 5) is 10.7. The maximum absolute atomic E-state index is 11.2. The van der Waals surface area contributed by atoms with Gasteiger partial charge in [-0.05, 0) is 48.9 Å². The first kappa shape index (κ1) is 18.2. The van der Waals surface area contributed by atoms with E-state index in [4.69, 9.17) is 9.68 Å². The second kappa shape index (κ2) is 7.73. The Bertz CT molecular complexity index is 899. The fourth-order valence-electron chi connectivity index (χ4n) is 2.20. The lowest BCUT2D eigenvalue weighted by Crippen LogP contribution is -2.25. The van der Waals surface area contributed by atoms with E-state index >= 15 is 0 Å². The molecule has 0 atom stereocenters. The van der Waals surface area contributed by atoms with Gasteiger partial charge in [-0.15, -0.1) is 11.5 Å².